The van der Waals surface area contributed by atoms with Crippen molar-refractivity contribution < 1.29 is 9.53 Å². The molecule has 2 aromatic rings. The number of carbonyl (C=O) groups excluding carboxylic acids is 1. The van der Waals surface area contributed by atoms with Crippen molar-refractivity contribution in [1.82, 2.24) is 9.80 Å². The van der Waals surface area contributed by atoms with Gasteiger partial charge in [0.25, 0.3) is 0 Å². The molecule has 0 saturated carbocycles. The van der Waals surface area contributed by atoms with Gasteiger partial charge in [-0.2, -0.15) is 0 Å². The van der Waals surface area contributed by atoms with E-state index in [1.54, 1.807) is 0 Å². The fraction of sp³-hybridized carbons (Fsp3) is 0.375. The number of benzene rings is 2. The Morgan fingerprint density at radius 2 is 1.71 bits per heavy atom. The summed E-state index contributed by atoms with van der Waals surface area (Å²) in [7, 11) is 0. The van der Waals surface area contributed by atoms with Crippen LogP contribution in [0.1, 0.15) is 24.0 Å². The summed E-state index contributed by atoms with van der Waals surface area (Å²) in [6.45, 7) is 3.35. The van der Waals surface area contributed by atoms with Gasteiger partial charge in [-0.3, -0.25) is 4.90 Å². The van der Waals surface area contributed by atoms with Crippen molar-refractivity contribution >= 4 is 6.09 Å². The first kappa shape index (κ1) is 18.8. The van der Waals surface area contributed by atoms with Gasteiger partial charge in [0, 0.05) is 25.2 Å². The van der Waals surface area contributed by atoms with Crippen molar-refractivity contribution in [2.45, 2.75) is 31.9 Å². The molecule has 1 saturated heterocycles. The van der Waals surface area contributed by atoms with Crippen molar-refractivity contribution in [3.63, 3.8) is 0 Å². The van der Waals surface area contributed by atoms with Crippen LogP contribution in [0, 0.1) is 5.92 Å². The molecule has 2 heterocycles. The summed E-state index contributed by atoms with van der Waals surface area (Å²) in [6.07, 6.45) is 7.24. The summed E-state index contributed by atoms with van der Waals surface area (Å²) >= 11 is 0. The van der Waals surface area contributed by atoms with E-state index in [0.717, 1.165) is 38.0 Å². The Morgan fingerprint density at radius 1 is 1.00 bits per heavy atom. The van der Waals surface area contributed by atoms with Crippen LogP contribution in [0.4, 0.5) is 4.79 Å². The van der Waals surface area contributed by atoms with Crippen LogP contribution in [-0.4, -0.2) is 41.6 Å². The molecule has 1 amide bonds. The van der Waals surface area contributed by atoms with Crippen molar-refractivity contribution in [2.75, 3.05) is 19.6 Å². The van der Waals surface area contributed by atoms with Crippen LogP contribution in [0.3, 0.4) is 0 Å². The molecule has 0 spiro atoms. The van der Waals surface area contributed by atoms with Gasteiger partial charge in [-0.1, -0.05) is 66.7 Å². The van der Waals surface area contributed by atoms with E-state index in [4.69, 9.17) is 4.74 Å². The second-order valence-electron chi connectivity index (χ2n) is 7.70. The van der Waals surface area contributed by atoms with Crippen LogP contribution in [0.5, 0.6) is 0 Å². The maximum absolute atomic E-state index is 12.7. The second-order valence-corrected chi connectivity index (χ2v) is 7.70. The summed E-state index contributed by atoms with van der Waals surface area (Å²) in [5, 5.41) is 0. The molecule has 146 valence electrons. The van der Waals surface area contributed by atoms with E-state index < -0.39 is 0 Å². The molecule has 4 heteroatoms. The average molecular weight is 377 g/mol. The standard InChI is InChI=1S/C24H28N2O2/c27-24(28-19-21-10-5-2-6-11-21)26-17-14-22-12-7-15-25(18-23(22)26)16-13-20-8-3-1-4-9-20/h1-6,8-11,14,17,22-23H,7,12-13,15-16,18-19H2/t22-,23-/m1/s1. The lowest BCUT2D eigenvalue weighted by Crippen LogP contribution is -2.44. The number of ether oxygens (including phenoxy) is 1. The number of amides is 1. The lowest BCUT2D eigenvalue weighted by Gasteiger charge is -2.30. The van der Waals surface area contributed by atoms with Gasteiger partial charge in [0.05, 0.1) is 6.04 Å². The number of nitrogens with zero attached hydrogens (tertiary/aromatic N) is 2. The third-order valence-corrected chi connectivity index (χ3v) is 5.78. The SMILES string of the molecule is O=C(OCc1ccccc1)N1C=C[C@H]2CCCN(CCc3ccccc3)C[C@H]21. The average Bonchev–Trinajstić information content (AvgIpc) is 3.03. The van der Waals surface area contributed by atoms with E-state index >= 15 is 0 Å². The Labute approximate surface area is 167 Å². The quantitative estimate of drug-likeness (QED) is 0.771. The summed E-state index contributed by atoms with van der Waals surface area (Å²) in [4.78, 5) is 17.0. The molecule has 0 N–H and O–H groups in total. The maximum Gasteiger partial charge on any atom is 0.414 e. The first-order valence-electron chi connectivity index (χ1n) is 10.2. The zero-order chi connectivity index (χ0) is 19.2. The van der Waals surface area contributed by atoms with Gasteiger partial charge in [-0.15, -0.1) is 0 Å². The minimum atomic E-state index is -0.238. The fourth-order valence-corrected chi connectivity index (χ4v) is 4.19. The number of likely N-dealkylation sites (tertiary alicyclic amines) is 1. The van der Waals surface area contributed by atoms with Gasteiger partial charge in [0.15, 0.2) is 0 Å². The number of hydrogen-bond donors (Lipinski definition) is 0. The Kier molecular flexibility index (Phi) is 6.07. The molecule has 0 aliphatic carbocycles. The summed E-state index contributed by atoms with van der Waals surface area (Å²) in [5.41, 5.74) is 2.38. The molecule has 2 atom stereocenters. The van der Waals surface area contributed by atoms with E-state index in [9.17, 15) is 4.79 Å². The van der Waals surface area contributed by atoms with Gasteiger partial charge in [0.2, 0.25) is 0 Å². The predicted octanol–water partition coefficient (Wildman–Crippen LogP) is 4.48. The van der Waals surface area contributed by atoms with E-state index in [-0.39, 0.29) is 12.1 Å². The lowest BCUT2D eigenvalue weighted by molar-refractivity contribution is 0.0908. The first-order valence-corrected chi connectivity index (χ1v) is 10.2. The van der Waals surface area contributed by atoms with E-state index in [1.165, 1.54) is 12.0 Å². The van der Waals surface area contributed by atoms with Crippen LogP contribution < -0.4 is 0 Å². The molecule has 4 nitrogen and oxygen atoms in total. The summed E-state index contributed by atoms with van der Waals surface area (Å²) in [6, 6.07) is 20.7. The van der Waals surface area contributed by atoms with Crippen molar-refractivity contribution in [3.8, 4) is 0 Å². The highest BCUT2D eigenvalue weighted by atomic mass is 16.6. The number of rotatable bonds is 5. The van der Waals surface area contributed by atoms with Gasteiger partial charge in [-0.25, -0.2) is 4.79 Å². The molecular formula is C24H28N2O2. The maximum atomic E-state index is 12.7. The number of carbonyl (C=O) groups is 1. The Bertz CT molecular complexity index is 791. The molecule has 2 aliphatic heterocycles. The Balaban J connectivity index is 1.34. The van der Waals surface area contributed by atoms with Crippen molar-refractivity contribution in [1.29, 1.82) is 0 Å². The van der Waals surface area contributed by atoms with E-state index in [2.05, 4.69) is 41.3 Å². The van der Waals surface area contributed by atoms with Crippen LogP contribution in [0.25, 0.3) is 0 Å². The molecule has 4 rings (SSSR count). The van der Waals surface area contributed by atoms with Gasteiger partial charge in [-0.05, 0) is 36.9 Å². The Hall–Kier alpha value is -2.59. The van der Waals surface area contributed by atoms with Gasteiger partial charge < -0.3 is 9.64 Å². The zero-order valence-electron chi connectivity index (χ0n) is 16.2. The third kappa shape index (κ3) is 4.63. The molecule has 0 bridgehead atoms. The monoisotopic (exact) mass is 376 g/mol. The summed E-state index contributed by atoms with van der Waals surface area (Å²) in [5.74, 6) is 0.436. The highest BCUT2D eigenvalue weighted by Gasteiger charge is 2.36. The molecule has 1 fully saturated rings. The summed E-state index contributed by atoms with van der Waals surface area (Å²) < 4.78 is 5.58. The molecule has 0 unspecified atom stereocenters. The van der Waals surface area contributed by atoms with Crippen LogP contribution >= 0.6 is 0 Å². The van der Waals surface area contributed by atoms with Gasteiger partial charge >= 0.3 is 6.09 Å². The largest absolute Gasteiger partial charge is 0.444 e. The minimum absolute atomic E-state index is 0.182. The topological polar surface area (TPSA) is 32.8 Å². The van der Waals surface area contributed by atoms with Crippen LogP contribution in [-0.2, 0) is 17.8 Å². The van der Waals surface area contributed by atoms with Gasteiger partial charge in [0.1, 0.15) is 6.61 Å². The van der Waals surface area contributed by atoms with Crippen molar-refractivity contribution in [2.24, 2.45) is 5.92 Å². The van der Waals surface area contributed by atoms with Crippen LogP contribution in [0.2, 0.25) is 0 Å². The highest BCUT2D eigenvalue weighted by Crippen LogP contribution is 2.30. The highest BCUT2D eigenvalue weighted by molar-refractivity contribution is 5.70. The molecular weight excluding hydrogens is 348 g/mol. The normalized spacial score (nSPS) is 21.9. The second kappa shape index (κ2) is 9.07. The molecule has 0 aromatic heterocycles. The molecule has 2 aromatic carbocycles. The minimum Gasteiger partial charge on any atom is -0.444 e. The smallest absolute Gasteiger partial charge is 0.414 e. The number of fused-ring (bicyclic) bond motifs is 1. The van der Waals surface area contributed by atoms with Crippen LogP contribution in [0.15, 0.2) is 72.9 Å². The zero-order valence-corrected chi connectivity index (χ0v) is 16.2. The van der Waals surface area contributed by atoms with E-state index in [0.29, 0.717) is 12.5 Å². The number of hydrogen-bond acceptors (Lipinski definition) is 3. The van der Waals surface area contributed by atoms with E-state index in [1.807, 2.05) is 41.4 Å². The lowest BCUT2D eigenvalue weighted by atomic mass is 9.98. The Morgan fingerprint density at radius 3 is 2.46 bits per heavy atom. The third-order valence-electron chi connectivity index (χ3n) is 5.78. The predicted molar refractivity (Wildman–Crippen MR) is 111 cm³/mol. The molecule has 2 aliphatic rings. The molecule has 0 radical (unpaired) electrons. The fourth-order valence-electron chi connectivity index (χ4n) is 4.19. The first-order chi connectivity index (χ1) is 13.8. The van der Waals surface area contributed by atoms with Crippen molar-refractivity contribution in [3.05, 3.63) is 84.1 Å². The molecule has 28 heavy (non-hydrogen) atoms.